The number of ether oxygens (including phenoxy) is 1. The smallest absolute Gasteiger partial charge is 0.428 e. The van der Waals surface area contributed by atoms with Gasteiger partial charge in [-0.25, -0.2) is 15.2 Å². The van der Waals surface area contributed by atoms with Gasteiger partial charge in [0, 0.05) is 18.5 Å². The third-order valence-electron chi connectivity index (χ3n) is 4.25. The number of cyclic esters (lactones) is 1. The molecule has 2 aliphatic heterocycles. The Morgan fingerprint density at radius 3 is 2.96 bits per heavy atom. The van der Waals surface area contributed by atoms with Gasteiger partial charge in [-0.05, 0) is 18.6 Å². The van der Waals surface area contributed by atoms with Crippen molar-refractivity contribution in [3.63, 3.8) is 0 Å². The monoisotopic (exact) mass is 326 g/mol. The minimum absolute atomic E-state index is 0.322. The van der Waals surface area contributed by atoms with Crippen LogP contribution in [0.5, 0.6) is 0 Å². The van der Waals surface area contributed by atoms with Crippen molar-refractivity contribution in [2.45, 2.75) is 32.4 Å². The van der Waals surface area contributed by atoms with Gasteiger partial charge in [-0.1, -0.05) is 25.1 Å². The van der Waals surface area contributed by atoms with Gasteiger partial charge in [0.15, 0.2) is 11.9 Å². The molecule has 4 rings (SSSR count). The molecule has 1 aromatic carbocycles. The number of carbonyl (C=O) groups excluding carboxylic acids is 1. The molecule has 7 heteroatoms. The second-order valence-corrected chi connectivity index (χ2v) is 5.81. The molecule has 0 bridgehead atoms. The lowest BCUT2D eigenvalue weighted by Gasteiger charge is -2.33. The summed E-state index contributed by atoms with van der Waals surface area (Å²) < 4.78 is 11.3. The highest BCUT2D eigenvalue weighted by molar-refractivity contribution is 5.91. The standard InChI is InChI=1S/C17H18N4O3/c1-2-13-15(19-20-17(22)24-13)21-9-8-12-14(10-21)23-16(18-12)11-6-4-3-5-7-11/h3-7,13H,2,8-10H2,1H3,(H,20,22)/t13-/m0/s1. The van der Waals surface area contributed by atoms with Gasteiger partial charge in [-0.15, -0.1) is 0 Å². The first kappa shape index (κ1) is 14.7. The van der Waals surface area contributed by atoms with Crippen LogP contribution < -0.4 is 5.43 Å². The lowest BCUT2D eigenvalue weighted by molar-refractivity contribution is 0.108. The number of benzene rings is 1. The second-order valence-electron chi connectivity index (χ2n) is 5.81. The predicted molar refractivity (Wildman–Crippen MR) is 87.2 cm³/mol. The Bertz CT molecular complexity index is 784. The first-order valence-electron chi connectivity index (χ1n) is 8.07. The van der Waals surface area contributed by atoms with Crippen LogP contribution in [-0.2, 0) is 17.7 Å². The number of carbonyl (C=O) groups is 1. The molecule has 1 atom stereocenters. The van der Waals surface area contributed by atoms with E-state index in [1.54, 1.807) is 0 Å². The van der Waals surface area contributed by atoms with E-state index in [1.165, 1.54) is 0 Å². The van der Waals surface area contributed by atoms with E-state index in [9.17, 15) is 4.79 Å². The van der Waals surface area contributed by atoms with E-state index in [0.29, 0.717) is 18.9 Å². The van der Waals surface area contributed by atoms with Crippen LogP contribution in [0.2, 0.25) is 0 Å². The van der Waals surface area contributed by atoms with E-state index in [0.717, 1.165) is 35.8 Å². The fourth-order valence-corrected chi connectivity index (χ4v) is 3.02. The van der Waals surface area contributed by atoms with E-state index in [1.807, 2.05) is 37.3 Å². The number of aromatic nitrogens is 1. The van der Waals surface area contributed by atoms with Crippen LogP contribution in [0.3, 0.4) is 0 Å². The van der Waals surface area contributed by atoms with Gasteiger partial charge in [-0.2, -0.15) is 5.10 Å². The Kier molecular flexibility index (Phi) is 3.68. The van der Waals surface area contributed by atoms with E-state index < -0.39 is 6.09 Å². The quantitative estimate of drug-likeness (QED) is 0.917. The number of rotatable bonds is 2. The summed E-state index contributed by atoms with van der Waals surface area (Å²) in [5, 5.41) is 4.18. The van der Waals surface area contributed by atoms with Gasteiger partial charge in [0.2, 0.25) is 5.89 Å². The minimum atomic E-state index is -0.505. The second kappa shape index (κ2) is 5.99. The molecular formula is C17H18N4O3. The molecule has 0 saturated carbocycles. The van der Waals surface area contributed by atoms with Crippen LogP contribution in [0.25, 0.3) is 11.5 Å². The molecule has 24 heavy (non-hydrogen) atoms. The van der Waals surface area contributed by atoms with Crippen molar-refractivity contribution in [3.8, 4) is 11.5 Å². The average molecular weight is 326 g/mol. The maximum Gasteiger partial charge on any atom is 0.428 e. The third-order valence-corrected chi connectivity index (χ3v) is 4.25. The summed E-state index contributed by atoms with van der Waals surface area (Å²) in [6.45, 7) is 3.31. The zero-order valence-electron chi connectivity index (χ0n) is 13.4. The molecule has 2 aliphatic rings. The Morgan fingerprint density at radius 2 is 2.17 bits per heavy atom. The normalized spacial score (nSPS) is 20.0. The molecule has 2 aromatic rings. The van der Waals surface area contributed by atoms with Gasteiger partial charge in [0.05, 0.1) is 12.2 Å². The SMILES string of the molecule is CC[C@@H]1OC(=O)NN=C1N1CCc2nc(-c3ccccc3)oc2C1. The Hall–Kier alpha value is -2.83. The van der Waals surface area contributed by atoms with Crippen molar-refractivity contribution in [2.75, 3.05) is 6.54 Å². The number of fused-ring (bicyclic) bond motifs is 1. The summed E-state index contributed by atoms with van der Waals surface area (Å²) in [5.41, 5.74) is 4.34. The van der Waals surface area contributed by atoms with Gasteiger partial charge in [0.25, 0.3) is 0 Å². The number of amides is 1. The van der Waals surface area contributed by atoms with Crippen molar-refractivity contribution in [2.24, 2.45) is 5.10 Å². The topological polar surface area (TPSA) is 80.0 Å². The Morgan fingerprint density at radius 1 is 1.33 bits per heavy atom. The molecule has 0 radical (unpaired) electrons. The lowest BCUT2D eigenvalue weighted by Crippen LogP contribution is -2.48. The first-order valence-corrected chi connectivity index (χ1v) is 8.07. The lowest BCUT2D eigenvalue weighted by atomic mass is 10.1. The van der Waals surface area contributed by atoms with Crippen molar-refractivity contribution in [3.05, 3.63) is 41.8 Å². The van der Waals surface area contributed by atoms with E-state index in [4.69, 9.17) is 9.15 Å². The molecule has 1 amide bonds. The maximum atomic E-state index is 11.3. The van der Waals surface area contributed by atoms with Crippen LogP contribution in [0.1, 0.15) is 24.8 Å². The number of nitrogens with one attached hydrogen (secondary N) is 1. The van der Waals surface area contributed by atoms with Gasteiger partial charge >= 0.3 is 6.09 Å². The van der Waals surface area contributed by atoms with Gasteiger partial charge < -0.3 is 14.1 Å². The third kappa shape index (κ3) is 2.62. The molecule has 3 heterocycles. The number of hydrogen-bond donors (Lipinski definition) is 1. The summed E-state index contributed by atoms with van der Waals surface area (Å²) >= 11 is 0. The molecule has 124 valence electrons. The highest BCUT2D eigenvalue weighted by Gasteiger charge is 2.32. The number of hydrazone groups is 1. The summed E-state index contributed by atoms with van der Waals surface area (Å²) in [5.74, 6) is 2.22. The van der Waals surface area contributed by atoms with Crippen LogP contribution in [0, 0.1) is 0 Å². The van der Waals surface area contributed by atoms with E-state index >= 15 is 0 Å². The zero-order chi connectivity index (χ0) is 16.5. The number of hydrogen-bond acceptors (Lipinski definition) is 6. The Labute approximate surface area is 139 Å². The van der Waals surface area contributed by atoms with E-state index in [-0.39, 0.29) is 6.10 Å². The molecule has 1 N–H and O–H groups in total. The number of nitrogens with zero attached hydrogens (tertiary/aromatic N) is 3. The van der Waals surface area contributed by atoms with Crippen LogP contribution >= 0.6 is 0 Å². The van der Waals surface area contributed by atoms with Crippen LogP contribution in [0.15, 0.2) is 39.9 Å². The Balaban J connectivity index is 1.58. The largest absolute Gasteiger partial charge is 0.439 e. The molecule has 0 fully saturated rings. The highest BCUT2D eigenvalue weighted by atomic mass is 16.6. The summed E-state index contributed by atoms with van der Waals surface area (Å²) in [6.07, 6.45) is 0.627. The first-order chi connectivity index (χ1) is 11.7. The summed E-state index contributed by atoms with van der Waals surface area (Å²) in [6, 6.07) is 9.86. The minimum Gasteiger partial charge on any atom is -0.439 e. The molecule has 0 saturated heterocycles. The van der Waals surface area contributed by atoms with Crippen molar-refractivity contribution in [1.29, 1.82) is 0 Å². The highest BCUT2D eigenvalue weighted by Crippen LogP contribution is 2.27. The molecule has 0 spiro atoms. The predicted octanol–water partition coefficient (Wildman–Crippen LogP) is 2.53. The molecule has 1 aromatic heterocycles. The summed E-state index contributed by atoms with van der Waals surface area (Å²) in [4.78, 5) is 18.0. The van der Waals surface area contributed by atoms with E-state index in [2.05, 4.69) is 20.4 Å². The molecular weight excluding hydrogens is 308 g/mol. The summed E-state index contributed by atoms with van der Waals surface area (Å²) in [7, 11) is 0. The maximum absolute atomic E-state index is 11.3. The molecule has 7 nitrogen and oxygen atoms in total. The van der Waals surface area contributed by atoms with Crippen molar-refractivity contribution >= 4 is 11.9 Å². The zero-order valence-corrected chi connectivity index (χ0v) is 13.4. The van der Waals surface area contributed by atoms with Crippen LogP contribution in [0.4, 0.5) is 4.79 Å². The molecule has 0 unspecified atom stereocenters. The van der Waals surface area contributed by atoms with Crippen molar-refractivity contribution < 1.29 is 13.9 Å². The number of amidine groups is 1. The van der Waals surface area contributed by atoms with Crippen molar-refractivity contribution in [1.82, 2.24) is 15.3 Å². The number of oxazole rings is 1. The van der Waals surface area contributed by atoms with Crippen LogP contribution in [-0.4, -0.2) is 34.5 Å². The van der Waals surface area contributed by atoms with Gasteiger partial charge in [0.1, 0.15) is 5.76 Å². The average Bonchev–Trinajstić information content (AvgIpc) is 3.05. The fraction of sp³-hybridized carbons (Fsp3) is 0.353. The molecule has 0 aliphatic carbocycles. The van der Waals surface area contributed by atoms with Gasteiger partial charge in [-0.3, -0.25) is 0 Å². The fourth-order valence-electron chi connectivity index (χ4n) is 3.02.